The molecule has 0 unspecified atom stereocenters. The molecule has 0 bridgehead atoms. The van der Waals surface area contributed by atoms with Gasteiger partial charge in [-0.05, 0) is 71.8 Å². The number of hydrogen-bond acceptors (Lipinski definition) is 5. The number of hydrogen-bond donors (Lipinski definition) is 2. The SMILES string of the molecule is Cc1cnc(C(=O)c2ccnc3[nH]ccc23)c(NSc2ccc(Cl)c(C(C)(C)C)c2)c1. The summed E-state index contributed by atoms with van der Waals surface area (Å²) in [6, 6.07) is 11.5. The Morgan fingerprint density at radius 2 is 1.94 bits per heavy atom. The second-order valence-electron chi connectivity index (χ2n) is 8.43. The number of carbonyl (C=O) groups is 1. The summed E-state index contributed by atoms with van der Waals surface area (Å²) >= 11 is 7.83. The van der Waals surface area contributed by atoms with Crippen molar-refractivity contribution >= 4 is 46.1 Å². The average molecular weight is 451 g/mol. The van der Waals surface area contributed by atoms with E-state index < -0.39 is 0 Å². The predicted octanol–water partition coefficient (Wildman–Crippen LogP) is 6.57. The summed E-state index contributed by atoms with van der Waals surface area (Å²) in [6.45, 7) is 8.35. The first kappa shape index (κ1) is 21.4. The number of nitrogens with one attached hydrogen (secondary N) is 2. The van der Waals surface area contributed by atoms with E-state index in [1.54, 1.807) is 24.7 Å². The van der Waals surface area contributed by atoms with Gasteiger partial charge in [-0.3, -0.25) is 9.78 Å². The van der Waals surface area contributed by atoms with Crippen molar-refractivity contribution < 1.29 is 4.79 Å². The Kier molecular flexibility index (Phi) is 5.77. The number of fused-ring (bicyclic) bond motifs is 1. The molecule has 4 rings (SSSR count). The van der Waals surface area contributed by atoms with Crippen LogP contribution in [0.4, 0.5) is 5.69 Å². The topological polar surface area (TPSA) is 70.7 Å². The number of carbonyl (C=O) groups excluding carboxylic acids is 1. The number of halogens is 1. The van der Waals surface area contributed by atoms with Crippen LogP contribution in [0.1, 0.15) is 48.0 Å². The Morgan fingerprint density at radius 1 is 1.13 bits per heavy atom. The maximum atomic E-state index is 13.4. The van der Waals surface area contributed by atoms with Gasteiger partial charge < -0.3 is 9.71 Å². The van der Waals surface area contributed by atoms with Gasteiger partial charge in [0.15, 0.2) is 0 Å². The summed E-state index contributed by atoms with van der Waals surface area (Å²) in [5.41, 5.74) is 4.26. The minimum atomic E-state index is -0.151. The summed E-state index contributed by atoms with van der Waals surface area (Å²) in [5.74, 6) is -0.151. The van der Waals surface area contributed by atoms with Crippen molar-refractivity contribution in [1.82, 2.24) is 15.0 Å². The van der Waals surface area contributed by atoms with Gasteiger partial charge in [0.2, 0.25) is 5.78 Å². The van der Waals surface area contributed by atoms with Gasteiger partial charge in [0.25, 0.3) is 0 Å². The van der Waals surface area contributed by atoms with Crippen LogP contribution in [-0.4, -0.2) is 20.7 Å². The number of H-pyrrole nitrogens is 1. The summed E-state index contributed by atoms with van der Waals surface area (Å²) in [5, 5.41) is 1.53. The molecule has 0 radical (unpaired) electrons. The molecule has 0 saturated carbocycles. The van der Waals surface area contributed by atoms with Gasteiger partial charge in [-0.15, -0.1) is 0 Å². The molecule has 0 fully saturated rings. The third-order valence-corrected chi connectivity index (χ3v) is 6.11. The molecule has 2 N–H and O–H groups in total. The Hall–Kier alpha value is -2.83. The van der Waals surface area contributed by atoms with Crippen molar-refractivity contribution in [2.24, 2.45) is 0 Å². The molecule has 158 valence electrons. The number of anilines is 1. The fourth-order valence-electron chi connectivity index (χ4n) is 3.37. The van der Waals surface area contributed by atoms with Crippen LogP contribution in [0.2, 0.25) is 5.02 Å². The minimum absolute atomic E-state index is 0.0665. The van der Waals surface area contributed by atoms with Gasteiger partial charge in [-0.25, -0.2) is 4.98 Å². The molecule has 0 aliphatic carbocycles. The number of ketones is 1. The first-order valence-corrected chi connectivity index (χ1v) is 11.1. The number of nitrogens with zero attached hydrogens (tertiary/aromatic N) is 2. The van der Waals surface area contributed by atoms with E-state index in [0.717, 1.165) is 26.4 Å². The Balaban J connectivity index is 1.66. The lowest BCUT2D eigenvalue weighted by molar-refractivity contribution is 0.103. The van der Waals surface area contributed by atoms with Crippen LogP contribution in [-0.2, 0) is 5.41 Å². The second kappa shape index (κ2) is 8.36. The molecule has 31 heavy (non-hydrogen) atoms. The van der Waals surface area contributed by atoms with E-state index in [1.807, 2.05) is 31.2 Å². The molecule has 0 atom stereocenters. The zero-order chi connectivity index (χ0) is 22.2. The third-order valence-electron chi connectivity index (χ3n) is 4.97. The van der Waals surface area contributed by atoms with E-state index in [9.17, 15) is 4.79 Å². The number of aryl methyl sites for hydroxylation is 1. The Labute approximate surface area is 190 Å². The zero-order valence-corrected chi connectivity index (χ0v) is 19.4. The summed E-state index contributed by atoms with van der Waals surface area (Å²) in [7, 11) is 0. The highest BCUT2D eigenvalue weighted by atomic mass is 35.5. The molecule has 0 amide bonds. The number of rotatable bonds is 5. The van der Waals surface area contributed by atoms with E-state index in [1.165, 1.54) is 11.9 Å². The van der Waals surface area contributed by atoms with Crippen LogP contribution in [0.3, 0.4) is 0 Å². The van der Waals surface area contributed by atoms with Crippen molar-refractivity contribution in [3.8, 4) is 0 Å². The van der Waals surface area contributed by atoms with Crippen LogP contribution >= 0.6 is 23.5 Å². The number of pyridine rings is 2. The fraction of sp³-hybridized carbons (Fsp3) is 0.208. The van der Waals surface area contributed by atoms with Crippen LogP contribution in [0.25, 0.3) is 11.0 Å². The van der Waals surface area contributed by atoms with Crippen LogP contribution < -0.4 is 4.72 Å². The van der Waals surface area contributed by atoms with Crippen molar-refractivity contribution in [3.63, 3.8) is 0 Å². The van der Waals surface area contributed by atoms with Crippen LogP contribution in [0, 0.1) is 6.92 Å². The predicted molar refractivity (Wildman–Crippen MR) is 128 cm³/mol. The molecule has 5 nitrogen and oxygen atoms in total. The van der Waals surface area contributed by atoms with Crippen molar-refractivity contribution in [2.75, 3.05) is 4.72 Å². The molecule has 0 saturated heterocycles. The van der Waals surface area contributed by atoms with E-state index in [4.69, 9.17) is 11.6 Å². The van der Waals surface area contributed by atoms with E-state index in [-0.39, 0.29) is 11.2 Å². The number of aromatic nitrogens is 3. The molecule has 0 aliphatic heterocycles. The normalized spacial score (nSPS) is 11.6. The summed E-state index contributed by atoms with van der Waals surface area (Å²) in [4.78, 5) is 26.1. The van der Waals surface area contributed by atoms with Crippen LogP contribution in [0.5, 0.6) is 0 Å². The smallest absolute Gasteiger partial charge is 0.214 e. The maximum absolute atomic E-state index is 13.4. The second-order valence-corrected chi connectivity index (χ2v) is 9.72. The average Bonchev–Trinajstić information content (AvgIpc) is 3.21. The highest BCUT2D eigenvalue weighted by Gasteiger charge is 2.20. The molecule has 0 aliphatic rings. The van der Waals surface area contributed by atoms with Crippen molar-refractivity contribution in [3.05, 3.63) is 82.4 Å². The first-order chi connectivity index (χ1) is 14.7. The summed E-state index contributed by atoms with van der Waals surface area (Å²) < 4.78 is 3.33. The Bertz CT molecular complexity index is 1280. The molecule has 0 spiro atoms. The first-order valence-electron chi connectivity index (χ1n) is 9.90. The van der Waals surface area contributed by atoms with E-state index >= 15 is 0 Å². The molecule has 7 heteroatoms. The van der Waals surface area contributed by atoms with Gasteiger partial charge in [-0.2, -0.15) is 0 Å². The van der Waals surface area contributed by atoms with Gasteiger partial charge in [0, 0.05) is 39.5 Å². The molecule has 3 heterocycles. The lowest BCUT2D eigenvalue weighted by atomic mass is 9.87. The Morgan fingerprint density at radius 3 is 2.71 bits per heavy atom. The van der Waals surface area contributed by atoms with E-state index in [0.29, 0.717) is 22.6 Å². The van der Waals surface area contributed by atoms with Crippen molar-refractivity contribution in [2.45, 2.75) is 38.0 Å². The lowest BCUT2D eigenvalue weighted by Crippen LogP contribution is -2.12. The zero-order valence-electron chi connectivity index (χ0n) is 17.8. The quantitative estimate of drug-likeness (QED) is 0.266. The van der Waals surface area contributed by atoms with Gasteiger partial charge in [0.05, 0.1) is 5.69 Å². The largest absolute Gasteiger partial charge is 0.346 e. The lowest BCUT2D eigenvalue weighted by Gasteiger charge is -2.21. The van der Waals surface area contributed by atoms with Crippen molar-refractivity contribution in [1.29, 1.82) is 0 Å². The summed E-state index contributed by atoms with van der Waals surface area (Å²) in [6.07, 6.45) is 5.11. The number of aromatic amines is 1. The highest BCUT2D eigenvalue weighted by molar-refractivity contribution is 8.00. The number of benzene rings is 1. The monoisotopic (exact) mass is 450 g/mol. The standard InChI is InChI=1S/C24H23ClN4OS/c1-14-11-20(29-31-15-5-6-19(25)18(12-15)24(2,3)4)21(28-13-14)22(30)16-7-9-26-23-17(16)8-10-27-23/h5-13,29H,1-4H3,(H,26,27). The molecule has 3 aromatic heterocycles. The minimum Gasteiger partial charge on any atom is -0.346 e. The van der Waals surface area contributed by atoms with Crippen LogP contribution in [0.15, 0.2) is 59.9 Å². The van der Waals surface area contributed by atoms with Gasteiger partial charge >= 0.3 is 0 Å². The molecular formula is C24H23ClN4OS. The molecule has 4 aromatic rings. The van der Waals surface area contributed by atoms with E-state index in [2.05, 4.69) is 46.5 Å². The van der Waals surface area contributed by atoms with Gasteiger partial charge in [0.1, 0.15) is 11.3 Å². The molecular weight excluding hydrogens is 428 g/mol. The molecule has 1 aromatic carbocycles. The highest BCUT2D eigenvalue weighted by Crippen LogP contribution is 2.34. The fourth-order valence-corrected chi connectivity index (χ4v) is 4.47. The maximum Gasteiger partial charge on any atom is 0.214 e. The third kappa shape index (κ3) is 4.45. The van der Waals surface area contributed by atoms with Gasteiger partial charge in [-0.1, -0.05) is 32.4 Å².